The second kappa shape index (κ2) is 4.72. The Balaban J connectivity index is 2.76. The average Bonchev–Trinajstić information content (AvgIpc) is 2.13. The quantitative estimate of drug-likeness (QED) is 0.650. The van der Waals surface area contributed by atoms with E-state index in [-0.39, 0.29) is 11.8 Å². The van der Waals surface area contributed by atoms with Gasteiger partial charge in [-0.2, -0.15) is 0 Å². The van der Waals surface area contributed by atoms with Crippen LogP contribution in [-0.2, 0) is 9.59 Å². The maximum Gasteiger partial charge on any atom is 0.139 e. The van der Waals surface area contributed by atoms with Crippen molar-refractivity contribution in [3.05, 3.63) is 0 Å². The van der Waals surface area contributed by atoms with Gasteiger partial charge in [0.2, 0.25) is 0 Å². The lowest BCUT2D eigenvalue weighted by molar-refractivity contribution is -0.133. The summed E-state index contributed by atoms with van der Waals surface area (Å²) in [6.07, 6.45) is 3.42. The molecule has 1 aliphatic carbocycles. The Labute approximate surface area is 86.1 Å². The van der Waals surface area contributed by atoms with Crippen LogP contribution in [0.1, 0.15) is 40.0 Å². The molecule has 0 saturated heterocycles. The largest absolute Gasteiger partial charge is 0.303 e. The topological polar surface area (TPSA) is 34.1 Å². The zero-order chi connectivity index (χ0) is 10.7. The number of carbonyl (C=O) groups is 2. The van der Waals surface area contributed by atoms with Crippen molar-refractivity contribution in [1.29, 1.82) is 0 Å². The molecule has 0 bridgehead atoms. The minimum absolute atomic E-state index is 0.00347. The average molecular weight is 196 g/mol. The number of hydrogen-bond donors (Lipinski definition) is 0. The maximum atomic E-state index is 11.9. The number of carbonyl (C=O) groups excluding carboxylic acids is 2. The molecule has 0 heterocycles. The zero-order valence-electron chi connectivity index (χ0n) is 9.32. The fourth-order valence-corrected chi connectivity index (χ4v) is 2.55. The van der Waals surface area contributed by atoms with Crippen molar-refractivity contribution >= 4 is 12.1 Å². The molecule has 2 heteroatoms. The third kappa shape index (κ3) is 2.23. The van der Waals surface area contributed by atoms with Crippen LogP contribution >= 0.6 is 0 Å². The van der Waals surface area contributed by atoms with Crippen LogP contribution in [0.3, 0.4) is 0 Å². The van der Waals surface area contributed by atoms with Crippen LogP contribution < -0.4 is 0 Å². The molecule has 0 aliphatic heterocycles. The van der Waals surface area contributed by atoms with Crippen molar-refractivity contribution in [3.63, 3.8) is 0 Å². The molecule has 0 N–H and O–H groups in total. The van der Waals surface area contributed by atoms with Gasteiger partial charge in [0, 0.05) is 18.3 Å². The van der Waals surface area contributed by atoms with Gasteiger partial charge in [0.05, 0.1) is 0 Å². The van der Waals surface area contributed by atoms with Gasteiger partial charge in [-0.15, -0.1) is 0 Å². The highest BCUT2D eigenvalue weighted by molar-refractivity contribution is 5.85. The summed E-state index contributed by atoms with van der Waals surface area (Å²) in [5.41, 5.74) is 0. The number of hydrogen-bond acceptors (Lipinski definition) is 2. The van der Waals surface area contributed by atoms with Gasteiger partial charge in [-0.3, -0.25) is 4.79 Å². The summed E-state index contributed by atoms with van der Waals surface area (Å²) in [6.45, 7) is 6.27. The molecular weight excluding hydrogens is 176 g/mol. The minimum Gasteiger partial charge on any atom is -0.303 e. The van der Waals surface area contributed by atoms with E-state index in [4.69, 9.17) is 0 Å². The summed E-state index contributed by atoms with van der Waals surface area (Å²) in [6, 6.07) is 0. The molecule has 0 aromatic rings. The third-order valence-corrected chi connectivity index (χ3v) is 3.51. The Morgan fingerprint density at radius 2 is 2.07 bits per heavy atom. The predicted molar refractivity (Wildman–Crippen MR) is 55.9 cm³/mol. The molecule has 0 spiro atoms. The van der Waals surface area contributed by atoms with Gasteiger partial charge in [0.1, 0.15) is 12.1 Å². The van der Waals surface area contributed by atoms with Gasteiger partial charge in [-0.1, -0.05) is 20.8 Å². The van der Waals surface area contributed by atoms with Crippen LogP contribution in [0, 0.1) is 23.7 Å². The first-order chi connectivity index (χ1) is 6.57. The Kier molecular flexibility index (Phi) is 3.85. The van der Waals surface area contributed by atoms with Crippen molar-refractivity contribution in [2.24, 2.45) is 23.7 Å². The van der Waals surface area contributed by atoms with Crippen molar-refractivity contribution < 1.29 is 9.59 Å². The number of rotatable bonds is 3. The molecule has 2 nitrogen and oxygen atoms in total. The van der Waals surface area contributed by atoms with E-state index < -0.39 is 0 Å². The second-order valence-electron chi connectivity index (χ2n) is 4.80. The van der Waals surface area contributed by atoms with E-state index in [0.717, 1.165) is 19.1 Å². The lowest BCUT2D eigenvalue weighted by atomic mass is 9.68. The Morgan fingerprint density at radius 1 is 1.43 bits per heavy atom. The molecule has 14 heavy (non-hydrogen) atoms. The van der Waals surface area contributed by atoms with Gasteiger partial charge in [0.15, 0.2) is 0 Å². The summed E-state index contributed by atoms with van der Waals surface area (Å²) < 4.78 is 0. The van der Waals surface area contributed by atoms with Crippen molar-refractivity contribution in [1.82, 2.24) is 0 Å². The lowest BCUT2D eigenvalue weighted by Crippen LogP contribution is -2.36. The maximum absolute atomic E-state index is 11.9. The highest BCUT2D eigenvalue weighted by Crippen LogP contribution is 2.36. The van der Waals surface area contributed by atoms with Crippen LogP contribution in [-0.4, -0.2) is 12.1 Å². The summed E-state index contributed by atoms with van der Waals surface area (Å²) >= 11 is 0. The van der Waals surface area contributed by atoms with Gasteiger partial charge < -0.3 is 4.79 Å². The molecule has 0 aromatic carbocycles. The van der Waals surface area contributed by atoms with E-state index in [1.807, 2.05) is 6.92 Å². The molecule has 3 atom stereocenters. The fraction of sp³-hybridized carbons (Fsp3) is 0.833. The molecule has 0 aromatic heterocycles. The number of aldehydes is 1. The smallest absolute Gasteiger partial charge is 0.139 e. The van der Waals surface area contributed by atoms with Gasteiger partial charge >= 0.3 is 0 Å². The van der Waals surface area contributed by atoms with Crippen molar-refractivity contribution in [2.75, 3.05) is 0 Å². The summed E-state index contributed by atoms with van der Waals surface area (Å²) in [4.78, 5) is 22.4. The van der Waals surface area contributed by atoms with Gasteiger partial charge in [0.25, 0.3) is 0 Å². The van der Waals surface area contributed by atoms with E-state index in [2.05, 4.69) is 13.8 Å². The van der Waals surface area contributed by atoms with Crippen LogP contribution in [0.25, 0.3) is 0 Å². The minimum atomic E-state index is -0.00347. The highest BCUT2D eigenvalue weighted by Gasteiger charge is 2.36. The van der Waals surface area contributed by atoms with Crippen LogP contribution in [0.4, 0.5) is 0 Å². The van der Waals surface area contributed by atoms with Crippen LogP contribution in [0.2, 0.25) is 0 Å². The monoisotopic (exact) mass is 196 g/mol. The highest BCUT2D eigenvalue weighted by atomic mass is 16.1. The van der Waals surface area contributed by atoms with Crippen LogP contribution in [0.15, 0.2) is 0 Å². The Hall–Kier alpha value is -0.660. The first kappa shape index (κ1) is 11.4. The molecule has 1 rings (SSSR count). The standard InChI is InChI=1S/C12H20O2/c1-8(2)10-5-4-9(3)12(14)11(10)6-7-13/h7-11H,4-6H2,1-3H3. The zero-order valence-corrected chi connectivity index (χ0v) is 9.32. The Bertz CT molecular complexity index is 220. The molecule has 0 amide bonds. The molecule has 0 radical (unpaired) electrons. The first-order valence-corrected chi connectivity index (χ1v) is 5.55. The normalized spacial score (nSPS) is 33.4. The van der Waals surface area contributed by atoms with Crippen molar-refractivity contribution in [2.45, 2.75) is 40.0 Å². The first-order valence-electron chi connectivity index (χ1n) is 5.55. The summed E-state index contributed by atoms with van der Waals surface area (Å²) in [7, 11) is 0. The van der Waals surface area contributed by atoms with Gasteiger partial charge in [-0.05, 0) is 24.7 Å². The molecule has 1 fully saturated rings. The summed E-state index contributed by atoms with van der Waals surface area (Å²) in [5, 5.41) is 0. The third-order valence-electron chi connectivity index (χ3n) is 3.51. The fourth-order valence-electron chi connectivity index (χ4n) is 2.55. The molecule has 3 unspecified atom stereocenters. The van der Waals surface area contributed by atoms with Crippen molar-refractivity contribution in [3.8, 4) is 0 Å². The van der Waals surface area contributed by atoms with E-state index in [1.54, 1.807) is 0 Å². The van der Waals surface area contributed by atoms with Gasteiger partial charge in [-0.25, -0.2) is 0 Å². The number of Topliss-reactive ketones (excluding diaryl/α,β-unsaturated/α-hetero) is 1. The van der Waals surface area contributed by atoms with E-state index in [0.29, 0.717) is 24.0 Å². The molecular formula is C12H20O2. The SMILES string of the molecule is CC1CCC(C(C)C)C(CC=O)C1=O. The Morgan fingerprint density at radius 3 is 2.57 bits per heavy atom. The second-order valence-corrected chi connectivity index (χ2v) is 4.80. The molecule has 1 aliphatic rings. The van der Waals surface area contributed by atoms with E-state index >= 15 is 0 Å². The lowest BCUT2D eigenvalue weighted by Gasteiger charge is -2.35. The predicted octanol–water partition coefficient (Wildman–Crippen LogP) is 2.46. The van der Waals surface area contributed by atoms with E-state index in [9.17, 15) is 9.59 Å². The van der Waals surface area contributed by atoms with Crippen LogP contribution in [0.5, 0.6) is 0 Å². The van der Waals surface area contributed by atoms with E-state index in [1.165, 1.54) is 0 Å². The number of ketones is 1. The molecule has 1 saturated carbocycles. The molecule has 80 valence electrons. The summed E-state index contributed by atoms with van der Waals surface area (Å²) in [5.74, 6) is 1.40.